The van der Waals surface area contributed by atoms with Crippen LogP contribution in [0.3, 0.4) is 0 Å². The van der Waals surface area contributed by atoms with Crippen LogP contribution in [-0.2, 0) is 4.74 Å². The first kappa shape index (κ1) is 79.8. The summed E-state index contributed by atoms with van der Waals surface area (Å²) in [6, 6.07) is 10.7. The number of rotatable bonds is 5. The molecule has 0 atom stereocenters. The maximum Gasteiger partial charge on any atom is 0.412 e. The van der Waals surface area contributed by atoms with Gasteiger partial charge in [0.1, 0.15) is 49.8 Å². The van der Waals surface area contributed by atoms with E-state index in [1.165, 1.54) is 30.3 Å². The van der Waals surface area contributed by atoms with Crippen LogP contribution in [0.25, 0.3) is 0 Å². The molecule has 14 nitrogen and oxygen atoms in total. The Balaban J connectivity index is -0.000000141. The molecule has 25 heteroatoms. The fourth-order valence-corrected chi connectivity index (χ4v) is 4.78. The van der Waals surface area contributed by atoms with Crippen LogP contribution in [0.4, 0.5) is 67.2 Å². The number of nitrogens with two attached hydrogens (primary N) is 2. The summed E-state index contributed by atoms with van der Waals surface area (Å²) in [5.74, 6) is -1.49. The summed E-state index contributed by atoms with van der Waals surface area (Å²) in [4.78, 5) is 36.0. The van der Waals surface area contributed by atoms with E-state index in [0.29, 0.717) is 26.8 Å². The lowest BCUT2D eigenvalue weighted by Gasteiger charge is -2.20. The van der Waals surface area contributed by atoms with E-state index in [9.17, 15) is 26.7 Å². The van der Waals surface area contributed by atoms with Gasteiger partial charge in [-0.25, -0.2) is 29.7 Å². The van der Waals surface area contributed by atoms with Crippen molar-refractivity contribution < 1.29 is 31.5 Å². The van der Waals surface area contributed by atoms with Gasteiger partial charge in [-0.1, -0.05) is 110 Å². The highest BCUT2D eigenvalue weighted by atomic mass is 127. The molecule has 5 rings (SSSR count). The Labute approximate surface area is 452 Å². The number of nitrogens with one attached hydrogen (secondary N) is 1. The fraction of sp³-hybridized carbons (Fsp3) is 0.422. The van der Waals surface area contributed by atoms with Gasteiger partial charge in [-0.15, -0.1) is 0 Å². The van der Waals surface area contributed by atoms with Gasteiger partial charge < -0.3 is 35.8 Å². The van der Waals surface area contributed by atoms with Gasteiger partial charge in [-0.3, -0.25) is 5.32 Å². The molecule has 70 heavy (non-hydrogen) atoms. The van der Waals surface area contributed by atoms with Crippen LogP contribution in [0, 0.1) is 33.3 Å². The quantitative estimate of drug-likeness (QED) is 0.0865. The van der Waals surface area contributed by atoms with Gasteiger partial charge in [0.15, 0.2) is 0 Å². The summed E-state index contributed by atoms with van der Waals surface area (Å²) in [5, 5.41) is 2.15. The Morgan fingerprint density at radius 1 is 0.543 bits per heavy atom. The Hall–Kier alpha value is -4.35. The number of pyridine rings is 5. The molecule has 5 aromatic rings. The first-order chi connectivity index (χ1) is 28.9. The number of amides is 1. The third kappa shape index (κ3) is 27.9. The summed E-state index contributed by atoms with van der Waals surface area (Å²) in [6.07, 6.45) is -0.704. The number of ether oxygens (including phenoxy) is 1. The molecule has 0 saturated heterocycles. The van der Waals surface area contributed by atoms with Crippen molar-refractivity contribution >= 4 is 127 Å². The summed E-state index contributed by atoms with van der Waals surface area (Å²) in [6.45, 7) is 5.19. The molecule has 5 heterocycles. The molecule has 0 spiro atoms. The molecule has 402 valence electrons. The minimum atomic E-state index is -0.848. The molecular weight excluding hydrogens is 1140 g/mol. The molecule has 0 aliphatic heterocycles. The zero-order valence-electron chi connectivity index (χ0n) is 35.7. The summed E-state index contributed by atoms with van der Waals surface area (Å²) in [7, 11) is 14.1. The van der Waals surface area contributed by atoms with Crippen molar-refractivity contribution in [3.63, 3.8) is 0 Å². The van der Waals surface area contributed by atoms with Crippen LogP contribution in [0.15, 0.2) is 42.5 Å². The molecule has 0 aliphatic carbocycles. The molecule has 0 fully saturated rings. The predicted octanol–water partition coefficient (Wildman–Crippen LogP) is 15.2. The molecule has 0 aromatic carbocycles. The Morgan fingerprint density at radius 3 is 1.26 bits per heavy atom. The van der Waals surface area contributed by atoms with Gasteiger partial charge in [0.05, 0.1) is 21.4 Å². The number of halogens is 11. The standard InChI is InChI=1S/C12H17ClFN3O2.C7H7ClFIN2.C7H9ClFN3.C7H8ClFN2.C5H4ClFN2.7CH4/c1-12(2,3)19-11(18)15-7-6-8(17(4)5)16-10(14)9(7)13;2*1-12(2)5-3-4(10)6(8)7(9)11-5;1-11(2)6-4-3-5(8)7(9)10-6;6-3-1-2-4(8)9-5(3)7;;;;;;;/h6H,1-5H3,(H,15,16,18);3H,1-2H3;3H,1-2H3,(H2,10,11);3-4H,1-2H3;1-2H,(H2,8,9);7*1H4. The summed E-state index contributed by atoms with van der Waals surface area (Å²) < 4.78 is 70.0. The number of carbonyl (C=O) groups excluding carboxylic acids is 1. The van der Waals surface area contributed by atoms with E-state index in [1.807, 2.05) is 22.6 Å². The number of nitrogen functional groups attached to an aromatic ring is 2. The molecule has 0 aliphatic rings. The maximum absolute atomic E-state index is 13.5. The first-order valence-electron chi connectivity index (χ1n) is 17.5. The van der Waals surface area contributed by atoms with Crippen LogP contribution in [0.2, 0.25) is 25.1 Å². The van der Waals surface area contributed by atoms with Crippen LogP contribution < -0.4 is 36.4 Å². The predicted molar refractivity (Wildman–Crippen MR) is 302 cm³/mol. The third-order valence-corrected chi connectivity index (χ3v) is 9.60. The van der Waals surface area contributed by atoms with Crippen molar-refractivity contribution in [2.75, 3.05) is 92.8 Å². The molecule has 1 amide bonds. The number of nitrogens with zero attached hydrogens (tertiary/aromatic N) is 9. The van der Waals surface area contributed by atoms with Crippen molar-refractivity contribution in [2.45, 2.75) is 78.4 Å². The van der Waals surface area contributed by atoms with E-state index in [0.717, 1.165) is 0 Å². The van der Waals surface area contributed by atoms with Crippen molar-refractivity contribution in [1.29, 1.82) is 0 Å². The highest BCUT2D eigenvalue weighted by molar-refractivity contribution is 14.1. The highest BCUT2D eigenvalue weighted by Crippen LogP contribution is 2.29. The van der Waals surface area contributed by atoms with Gasteiger partial charge in [-0.05, 0) is 73.7 Å². The lowest BCUT2D eigenvalue weighted by molar-refractivity contribution is 0.0636. The largest absolute Gasteiger partial charge is 0.444 e. The van der Waals surface area contributed by atoms with Gasteiger partial charge in [0, 0.05) is 72.1 Å². The van der Waals surface area contributed by atoms with Gasteiger partial charge >= 0.3 is 6.09 Å². The van der Waals surface area contributed by atoms with Crippen molar-refractivity contribution in [2.24, 2.45) is 0 Å². The zero-order chi connectivity index (χ0) is 48.7. The van der Waals surface area contributed by atoms with Crippen molar-refractivity contribution in [3.8, 4) is 0 Å². The SMILES string of the molecule is C.C.C.C.C.C.C.CN(C)c1cc(I)c(Cl)c(F)n1.CN(C)c1cc(N)c(Cl)c(F)n1.CN(C)c1cc(NC(=O)OC(C)(C)C)c(Cl)c(F)n1.CN(C)c1ccc(Cl)c(F)n1.Nc1ccc(Cl)c(F)n1. The van der Waals surface area contributed by atoms with E-state index >= 15 is 0 Å². The molecular formula is C45H73Cl5F5IN12O2. The average molecular weight is 1210 g/mol. The van der Waals surface area contributed by atoms with E-state index in [1.54, 1.807) is 109 Å². The van der Waals surface area contributed by atoms with E-state index in [4.69, 9.17) is 74.2 Å². The highest BCUT2D eigenvalue weighted by Gasteiger charge is 2.19. The molecule has 0 saturated carbocycles. The minimum Gasteiger partial charge on any atom is -0.444 e. The fourth-order valence-electron chi connectivity index (χ4n) is 3.73. The average Bonchev–Trinajstić information content (AvgIpc) is 3.17. The van der Waals surface area contributed by atoms with E-state index in [2.05, 4.69) is 30.2 Å². The lowest BCUT2D eigenvalue weighted by Crippen LogP contribution is -2.27. The number of anilines is 7. The lowest BCUT2D eigenvalue weighted by atomic mass is 10.2. The topological polar surface area (TPSA) is 168 Å². The van der Waals surface area contributed by atoms with Crippen LogP contribution in [0.1, 0.15) is 72.8 Å². The normalized spacial score (nSPS) is 9.23. The Kier molecular flexibility index (Phi) is 41.7. The Bertz CT molecular complexity index is 2210. The van der Waals surface area contributed by atoms with Gasteiger partial charge in [0.25, 0.3) is 0 Å². The maximum atomic E-state index is 13.5. The van der Waals surface area contributed by atoms with Crippen LogP contribution >= 0.6 is 80.6 Å². The van der Waals surface area contributed by atoms with Crippen LogP contribution in [0.5, 0.6) is 0 Å². The number of aromatic nitrogens is 5. The van der Waals surface area contributed by atoms with Gasteiger partial charge in [-0.2, -0.15) is 22.0 Å². The monoisotopic (exact) mass is 1210 g/mol. The molecule has 5 aromatic heterocycles. The number of hydrogen-bond acceptors (Lipinski definition) is 13. The van der Waals surface area contributed by atoms with E-state index in [-0.39, 0.29) is 94.3 Å². The van der Waals surface area contributed by atoms with Gasteiger partial charge in [0.2, 0.25) is 29.7 Å². The smallest absolute Gasteiger partial charge is 0.412 e. The zero-order valence-corrected chi connectivity index (χ0v) is 41.6. The molecule has 0 unspecified atom stereocenters. The number of hydrogen-bond donors (Lipinski definition) is 3. The third-order valence-electron chi connectivity index (χ3n) is 6.78. The molecule has 0 bridgehead atoms. The summed E-state index contributed by atoms with van der Waals surface area (Å²) in [5.41, 5.74) is 10.2. The second-order valence-electron chi connectivity index (χ2n) is 14.0. The van der Waals surface area contributed by atoms with E-state index < -0.39 is 41.4 Å². The first-order valence-corrected chi connectivity index (χ1v) is 20.5. The molecule has 0 radical (unpaired) electrons. The Morgan fingerprint density at radius 2 is 0.900 bits per heavy atom. The number of carbonyl (C=O) groups is 1. The van der Waals surface area contributed by atoms with Crippen LogP contribution in [-0.4, -0.2) is 93.0 Å². The second-order valence-corrected chi connectivity index (χ2v) is 17.1. The van der Waals surface area contributed by atoms with Crippen molar-refractivity contribution in [3.05, 3.63) is 101 Å². The van der Waals surface area contributed by atoms with Crippen molar-refractivity contribution in [1.82, 2.24) is 24.9 Å². The summed E-state index contributed by atoms with van der Waals surface area (Å²) >= 11 is 29.5. The second kappa shape index (κ2) is 36.6. The minimum absolute atomic E-state index is 0. The molecule has 5 N–H and O–H groups in total.